The van der Waals surface area contributed by atoms with Gasteiger partial charge in [0.25, 0.3) is 0 Å². The Morgan fingerprint density at radius 3 is 2.44 bits per heavy atom. The molecule has 7 nitrogen and oxygen atoms in total. The third kappa shape index (κ3) is 4.33. The zero-order valence-electron chi connectivity index (χ0n) is 11.3. The SMILES string of the molecule is CCOc1nc(NC)nc(NCC(C)(C)CO)n1. The molecule has 0 fully saturated rings. The van der Waals surface area contributed by atoms with Gasteiger partial charge in [-0.15, -0.1) is 0 Å². The zero-order chi connectivity index (χ0) is 13.6. The van der Waals surface area contributed by atoms with E-state index in [-0.39, 0.29) is 18.0 Å². The van der Waals surface area contributed by atoms with Crippen LogP contribution in [0.4, 0.5) is 11.9 Å². The molecule has 0 amide bonds. The predicted molar refractivity (Wildman–Crippen MR) is 69.9 cm³/mol. The first-order chi connectivity index (χ1) is 8.50. The average Bonchev–Trinajstić information content (AvgIpc) is 2.37. The zero-order valence-corrected chi connectivity index (χ0v) is 11.3. The van der Waals surface area contributed by atoms with Crippen LogP contribution in [0, 0.1) is 5.41 Å². The molecule has 0 saturated carbocycles. The van der Waals surface area contributed by atoms with Crippen LogP contribution < -0.4 is 15.4 Å². The van der Waals surface area contributed by atoms with Crippen molar-refractivity contribution in [2.24, 2.45) is 5.41 Å². The summed E-state index contributed by atoms with van der Waals surface area (Å²) in [7, 11) is 1.73. The monoisotopic (exact) mass is 255 g/mol. The highest BCUT2D eigenvalue weighted by atomic mass is 16.5. The number of aliphatic hydroxyl groups excluding tert-OH is 1. The van der Waals surface area contributed by atoms with Gasteiger partial charge in [-0.3, -0.25) is 0 Å². The number of nitrogens with zero attached hydrogens (tertiary/aromatic N) is 3. The highest BCUT2D eigenvalue weighted by molar-refractivity contribution is 5.35. The van der Waals surface area contributed by atoms with Crippen LogP contribution >= 0.6 is 0 Å². The van der Waals surface area contributed by atoms with Gasteiger partial charge in [0.05, 0.1) is 6.61 Å². The van der Waals surface area contributed by atoms with E-state index in [1.54, 1.807) is 7.05 Å². The fraction of sp³-hybridized carbons (Fsp3) is 0.727. The number of aromatic nitrogens is 3. The van der Waals surface area contributed by atoms with Crippen molar-refractivity contribution in [1.29, 1.82) is 0 Å². The van der Waals surface area contributed by atoms with Crippen molar-refractivity contribution in [3.8, 4) is 6.01 Å². The van der Waals surface area contributed by atoms with Crippen LogP contribution in [-0.2, 0) is 0 Å². The molecule has 0 bridgehead atoms. The second kappa shape index (κ2) is 6.34. The second-order valence-corrected chi connectivity index (χ2v) is 4.62. The molecular formula is C11H21N5O2. The van der Waals surface area contributed by atoms with Gasteiger partial charge in [-0.05, 0) is 6.92 Å². The fourth-order valence-electron chi connectivity index (χ4n) is 1.12. The van der Waals surface area contributed by atoms with Crippen LogP contribution in [-0.4, -0.2) is 46.9 Å². The molecule has 3 N–H and O–H groups in total. The summed E-state index contributed by atoms with van der Waals surface area (Å²) in [6, 6.07) is 0.279. The number of hydrogen-bond acceptors (Lipinski definition) is 7. The summed E-state index contributed by atoms with van der Waals surface area (Å²) in [6.07, 6.45) is 0. The lowest BCUT2D eigenvalue weighted by atomic mass is 9.95. The van der Waals surface area contributed by atoms with Gasteiger partial charge in [-0.2, -0.15) is 15.0 Å². The summed E-state index contributed by atoms with van der Waals surface area (Å²) >= 11 is 0. The molecule has 0 atom stereocenters. The molecule has 0 aliphatic heterocycles. The van der Waals surface area contributed by atoms with Crippen molar-refractivity contribution in [2.75, 3.05) is 37.4 Å². The third-order valence-corrected chi connectivity index (χ3v) is 2.27. The molecule has 18 heavy (non-hydrogen) atoms. The molecule has 0 radical (unpaired) electrons. The topological polar surface area (TPSA) is 92.2 Å². The van der Waals surface area contributed by atoms with Crippen molar-refractivity contribution in [1.82, 2.24) is 15.0 Å². The molecule has 0 unspecified atom stereocenters. The van der Waals surface area contributed by atoms with Crippen molar-refractivity contribution < 1.29 is 9.84 Å². The molecule has 1 heterocycles. The summed E-state index contributed by atoms with van der Waals surface area (Å²) in [6.45, 7) is 6.90. The number of nitrogens with one attached hydrogen (secondary N) is 2. The van der Waals surface area contributed by atoms with E-state index in [1.807, 2.05) is 20.8 Å². The van der Waals surface area contributed by atoms with E-state index in [2.05, 4.69) is 25.6 Å². The molecule has 0 aliphatic rings. The van der Waals surface area contributed by atoms with Crippen LogP contribution in [0.1, 0.15) is 20.8 Å². The lowest BCUT2D eigenvalue weighted by Gasteiger charge is -2.21. The van der Waals surface area contributed by atoms with E-state index in [9.17, 15) is 5.11 Å². The molecule has 0 aromatic carbocycles. The van der Waals surface area contributed by atoms with Crippen LogP contribution in [0.5, 0.6) is 6.01 Å². The maximum atomic E-state index is 9.18. The van der Waals surface area contributed by atoms with E-state index in [1.165, 1.54) is 0 Å². The Kier molecular flexibility index (Phi) is 5.08. The smallest absolute Gasteiger partial charge is 0.323 e. The van der Waals surface area contributed by atoms with E-state index < -0.39 is 0 Å². The fourth-order valence-corrected chi connectivity index (χ4v) is 1.12. The Bertz CT molecular complexity index is 384. The number of anilines is 2. The number of aliphatic hydroxyl groups is 1. The normalized spacial score (nSPS) is 11.2. The second-order valence-electron chi connectivity index (χ2n) is 4.62. The highest BCUT2D eigenvalue weighted by Crippen LogP contribution is 2.16. The van der Waals surface area contributed by atoms with Crippen molar-refractivity contribution in [3.05, 3.63) is 0 Å². The minimum atomic E-state index is -0.238. The molecule has 1 rings (SSSR count). The molecule has 102 valence electrons. The Morgan fingerprint density at radius 1 is 1.22 bits per heavy atom. The maximum absolute atomic E-state index is 9.18. The summed E-state index contributed by atoms with van der Waals surface area (Å²) < 4.78 is 5.26. The minimum Gasteiger partial charge on any atom is -0.464 e. The van der Waals surface area contributed by atoms with Crippen molar-refractivity contribution >= 4 is 11.9 Å². The van der Waals surface area contributed by atoms with Crippen LogP contribution in [0.25, 0.3) is 0 Å². The number of hydrogen-bond donors (Lipinski definition) is 3. The highest BCUT2D eigenvalue weighted by Gasteiger charge is 2.17. The lowest BCUT2D eigenvalue weighted by molar-refractivity contribution is 0.170. The Balaban J connectivity index is 2.78. The Morgan fingerprint density at radius 2 is 1.89 bits per heavy atom. The van der Waals surface area contributed by atoms with Crippen LogP contribution in [0.15, 0.2) is 0 Å². The lowest BCUT2D eigenvalue weighted by Crippen LogP contribution is -2.27. The van der Waals surface area contributed by atoms with Gasteiger partial charge >= 0.3 is 6.01 Å². The van der Waals surface area contributed by atoms with Crippen LogP contribution in [0.3, 0.4) is 0 Å². The van der Waals surface area contributed by atoms with E-state index in [0.29, 0.717) is 25.0 Å². The number of ether oxygens (including phenoxy) is 1. The molecule has 0 spiro atoms. The van der Waals surface area contributed by atoms with Gasteiger partial charge in [-0.1, -0.05) is 13.8 Å². The quantitative estimate of drug-likeness (QED) is 0.661. The van der Waals surface area contributed by atoms with Crippen LogP contribution in [0.2, 0.25) is 0 Å². The van der Waals surface area contributed by atoms with Gasteiger partial charge in [0, 0.05) is 25.6 Å². The van der Waals surface area contributed by atoms with E-state index in [4.69, 9.17) is 4.74 Å². The van der Waals surface area contributed by atoms with E-state index >= 15 is 0 Å². The molecule has 7 heteroatoms. The third-order valence-electron chi connectivity index (χ3n) is 2.27. The van der Waals surface area contributed by atoms with Gasteiger partial charge in [0.1, 0.15) is 0 Å². The van der Waals surface area contributed by atoms with Gasteiger partial charge in [0.2, 0.25) is 11.9 Å². The summed E-state index contributed by atoms with van der Waals surface area (Å²) in [5.41, 5.74) is -0.238. The molecule has 0 saturated heterocycles. The van der Waals surface area contributed by atoms with Gasteiger partial charge in [-0.25, -0.2) is 0 Å². The molecule has 1 aromatic rings. The average molecular weight is 255 g/mol. The molecule has 0 aliphatic carbocycles. The van der Waals surface area contributed by atoms with Crippen molar-refractivity contribution in [3.63, 3.8) is 0 Å². The van der Waals surface area contributed by atoms with Gasteiger partial charge in [0.15, 0.2) is 0 Å². The first-order valence-electron chi connectivity index (χ1n) is 5.92. The summed E-state index contributed by atoms with van der Waals surface area (Å²) in [5, 5.41) is 15.1. The molecule has 1 aromatic heterocycles. The standard InChI is InChI=1S/C11H21N5O2/c1-5-18-10-15-8(12-4)14-9(16-10)13-6-11(2,3)7-17/h17H,5-7H2,1-4H3,(H2,12,13,14,15,16). The van der Waals surface area contributed by atoms with Gasteiger partial charge < -0.3 is 20.5 Å². The first-order valence-corrected chi connectivity index (χ1v) is 5.92. The summed E-state index contributed by atoms with van der Waals surface area (Å²) in [5.74, 6) is 0.872. The minimum absolute atomic E-state index is 0.0856. The first kappa shape index (κ1) is 14.4. The number of rotatable bonds is 7. The van der Waals surface area contributed by atoms with E-state index in [0.717, 1.165) is 0 Å². The van der Waals surface area contributed by atoms with Crippen molar-refractivity contribution in [2.45, 2.75) is 20.8 Å². The predicted octanol–water partition coefficient (Wildman–Crippen LogP) is 0.742. The maximum Gasteiger partial charge on any atom is 0.323 e. The Labute approximate surface area is 107 Å². The Hall–Kier alpha value is -1.63. The largest absolute Gasteiger partial charge is 0.464 e. The summed E-state index contributed by atoms with van der Waals surface area (Å²) in [4.78, 5) is 12.4. The molecular weight excluding hydrogens is 234 g/mol.